The Labute approximate surface area is 129 Å². The van der Waals surface area contributed by atoms with Crippen molar-refractivity contribution >= 4 is 17.6 Å². The molecule has 0 aromatic heterocycles. The summed E-state index contributed by atoms with van der Waals surface area (Å²) >= 11 is 0. The topological polar surface area (TPSA) is 94.1 Å². The van der Waals surface area contributed by atoms with E-state index in [0.717, 1.165) is 0 Å². The summed E-state index contributed by atoms with van der Waals surface area (Å²) in [5, 5.41) is 11.7. The molecule has 0 saturated carbocycles. The van der Waals surface area contributed by atoms with Gasteiger partial charge in [0.25, 0.3) is 5.91 Å². The number of methoxy groups -OCH3 is 1. The van der Waals surface area contributed by atoms with Crippen LogP contribution < -0.4 is 10.1 Å². The first-order valence-corrected chi connectivity index (χ1v) is 6.91. The van der Waals surface area contributed by atoms with Crippen LogP contribution in [0.4, 0.5) is 5.69 Å². The quantitative estimate of drug-likeness (QED) is 0.675. The largest absolute Gasteiger partial charge is 0.497 e. The molecule has 22 heavy (non-hydrogen) atoms. The number of rotatable bonds is 9. The lowest BCUT2D eigenvalue weighted by Crippen LogP contribution is -2.29. The van der Waals surface area contributed by atoms with Crippen LogP contribution in [0.2, 0.25) is 0 Å². The zero-order chi connectivity index (χ0) is 16.5. The highest BCUT2D eigenvalue weighted by molar-refractivity contribution is 6.02. The molecular formula is C15H21NO6. The van der Waals surface area contributed by atoms with Gasteiger partial charge in [0.15, 0.2) is 0 Å². The Bertz CT molecular complexity index is 517. The molecule has 0 aliphatic heterocycles. The molecule has 7 heteroatoms. The van der Waals surface area contributed by atoms with E-state index in [2.05, 4.69) is 5.32 Å². The summed E-state index contributed by atoms with van der Waals surface area (Å²) < 4.78 is 15.4. The second-order valence-corrected chi connectivity index (χ2v) is 4.42. The van der Waals surface area contributed by atoms with Crippen molar-refractivity contribution in [2.24, 2.45) is 0 Å². The molecule has 0 saturated heterocycles. The molecule has 1 amide bonds. The summed E-state index contributed by atoms with van der Waals surface area (Å²) in [6.45, 7) is 4.73. The average molecular weight is 311 g/mol. The number of carboxylic acid groups (broad SMARTS) is 1. The minimum Gasteiger partial charge on any atom is -0.497 e. The molecule has 1 rings (SSSR count). The van der Waals surface area contributed by atoms with Gasteiger partial charge in [0.2, 0.25) is 0 Å². The second kappa shape index (κ2) is 9.01. The highest BCUT2D eigenvalue weighted by atomic mass is 16.5. The lowest BCUT2D eigenvalue weighted by molar-refractivity contribution is -0.127. The minimum atomic E-state index is -1.15. The van der Waals surface area contributed by atoms with E-state index < -0.39 is 18.0 Å². The lowest BCUT2D eigenvalue weighted by Gasteiger charge is -2.15. The van der Waals surface area contributed by atoms with Gasteiger partial charge in [-0.25, -0.2) is 4.79 Å². The van der Waals surface area contributed by atoms with Crippen LogP contribution in [0.3, 0.4) is 0 Å². The van der Waals surface area contributed by atoms with Crippen molar-refractivity contribution in [3.8, 4) is 5.75 Å². The lowest BCUT2D eigenvalue weighted by atomic mass is 10.1. The number of amides is 1. The number of anilines is 1. The van der Waals surface area contributed by atoms with Gasteiger partial charge in [0.05, 0.1) is 31.6 Å². The standard InChI is InChI=1S/C15H21NO6/c1-4-21-7-8-22-10(2)14(17)16-13-6-5-11(20-3)9-12(13)15(18)19/h5-6,9-10H,4,7-8H2,1-3H3,(H,16,17)(H,18,19). The predicted molar refractivity (Wildman–Crippen MR) is 80.5 cm³/mol. The number of ether oxygens (including phenoxy) is 3. The Kier molecular flexibility index (Phi) is 7.34. The molecule has 1 unspecified atom stereocenters. The van der Waals surface area contributed by atoms with Gasteiger partial charge >= 0.3 is 5.97 Å². The van der Waals surface area contributed by atoms with Gasteiger partial charge in [-0.2, -0.15) is 0 Å². The van der Waals surface area contributed by atoms with E-state index in [9.17, 15) is 14.7 Å². The van der Waals surface area contributed by atoms with E-state index in [0.29, 0.717) is 19.0 Å². The summed E-state index contributed by atoms with van der Waals surface area (Å²) in [6.07, 6.45) is -0.718. The number of benzene rings is 1. The zero-order valence-corrected chi connectivity index (χ0v) is 12.9. The SMILES string of the molecule is CCOCCOC(C)C(=O)Nc1ccc(OC)cc1C(=O)O. The highest BCUT2D eigenvalue weighted by Gasteiger charge is 2.18. The van der Waals surface area contributed by atoms with Crippen LogP contribution in [-0.2, 0) is 14.3 Å². The van der Waals surface area contributed by atoms with Gasteiger partial charge in [-0.3, -0.25) is 4.79 Å². The first-order valence-electron chi connectivity index (χ1n) is 6.91. The molecule has 0 radical (unpaired) electrons. The van der Waals surface area contributed by atoms with Gasteiger partial charge in [0.1, 0.15) is 11.9 Å². The number of aromatic carboxylic acids is 1. The molecule has 0 fully saturated rings. The Morgan fingerprint density at radius 2 is 2.05 bits per heavy atom. The average Bonchev–Trinajstić information content (AvgIpc) is 2.51. The maximum absolute atomic E-state index is 12.0. The van der Waals surface area contributed by atoms with Crippen molar-refractivity contribution in [2.75, 3.05) is 32.2 Å². The van der Waals surface area contributed by atoms with Gasteiger partial charge in [-0.05, 0) is 32.0 Å². The molecule has 7 nitrogen and oxygen atoms in total. The van der Waals surface area contributed by atoms with E-state index in [4.69, 9.17) is 14.2 Å². The van der Waals surface area contributed by atoms with E-state index in [-0.39, 0.29) is 17.9 Å². The maximum atomic E-state index is 12.0. The summed E-state index contributed by atoms with van der Waals surface area (Å²) in [5.74, 6) is -1.18. The minimum absolute atomic E-state index is 0.0470. The molecule has 0 heterocycles. The Hall–Kier alpha value is -2.12. The van der Waals surface area contributed by atoms with Crippen LogP contribution in [0.5, 0.6) is 5.75 Å². The van der Waals surface area contributed by atoms with Crippen LogP contribution in [-0.4, -0.2) is 50.0 Å². The summed E-state index contributed by atoms with van der Waals surface area (Å²) in [4.78, 5) is 23.2. The van der Waals surface area contributed by atoms with E-state index in [1.807, 2.05) is 6.92 Å². The molecule has 0 aliphatic carbocycles. The first-order chi connectivity index (χ1) is 10.5. The monoisotopic (exact) mass is 311 g/mol. The third-order valence-electron chi connectivity index (χ3n) is 2.88. The summed E-state index contributed by atoms with van der Waals surface area (Å²) in [7, 11) is 1.44. The third kappa shape index (κ3) is 5.34. The Morgan fingerprint density at radius 1 is 1.32 bits per heavy atom. The van der Waals surface area contributed by atoms with Crippen LogP contribution in [0.1, 0.15) is 24.2 Å². The molecule has 2 N–H and O–H groups in total. The van der Waals surface area contributed by atoms with E-state index >= 15 is 0 Å². The number of carbonyl (C=O) groups is 2. The molecule has 0 aliphatic rings. The smallest absolute Gasteiger partial charge is 0.337 e. The molecule has 1 atom stereocenters. The van der Waals surface area contributed by atoms with Crippen molar-refractivity contribution in [1.82, 2.24) is 0 Å². The Morgan fingerprint density at radius 3 is 2.64 bits per heavy atom. The van der Waals surface area contributed by atoms with Crippen molar-refractivity contribution in [3.63, 3.8) is 0 Å². The normalized spacial score (nSPS) is 11.8. The zero-order valence-electron chi connectivity index (χ0n) is 12.9. The molecule has 0 spiro atoms. The van der Waals surface area contributed by atoms with Crippen molar-refractivity contribution in [1.29, 1.82) is 0 Å². The Balaban J connectivity index is 2.69. The highest BCUT2D eigenvalue weighted by Crippen LogP contribution is 2.22. The fourth-order valence-corrected chi connectivity index (χ4v) is 1.67. The van der Waals surface area contributed by atoms with Gasteiger partial charge in [0, 0.05) is 6.61 Å². The van der Waals surface area contributed by atoms with Crippen molar-refractivity contribution in [3.05, 3.63) is 23.8 Å². The molecule has 1 aromatic rings. The van der Waals surface area contributed by atoms with Crippen LogP contribution in [0.15, 0.2) is 18.2 Å². The number of carboxylic acids is 1. The van der Waals surface area contributed by atoms with E-state index in [1.54, 1.807) is 13.0 Å². The molecule has 122 valence electrons. The van der Waals surface area contributed by atoms with Crippen LogP contribution >= 0.6 is 0 Å². The fourth-order valence-electron chi connectivity index (χ4n) is 1.67. The second-order valence-electron chi connectivity index (χ2n) is 4.42. The first kappa shape index (κ1) is 17.9. The fraction of sp³-hybridized carbons (Fsp3) is 0.467. The van der Waals surface area contributed by atoms with Crippen molar-refractivity contribution < 1.29 is 28.9 Å². The number of nitrogens with one attached hydrogen (secondary N) is 1. The number of carbonyl (C=O) groups excluding carboxylic acids is 1. The summed E-state index contributed by atoms with van der Waals surface area (Å²) in [5.41, 5.74) is 0.146. The van der Waals surface area contributed by atoms with E-state index in [1.165, 1.54) is 19.2 Å². The van der Waals surface area contributed by atoms with Crippen molar-refractivity contribution in [2.45, 2.75) is 20.0 Å². The predicted octanol–water partition coefficient (Wildman–Crippen LogP) is 1.77. The third-order valence-corrected chi connectivity index (χ3v) is 2.88. The van der Waals surface area contributed by atoms with Gasteiger partial charge < -0.3 is 24.6 Å². The van der Waals surface area contributed by atoms with Gasteiger partial charge in [-0.1, -0.05) is 0 Å². The number of hydrogen-bond donors (Lipinski definition) is 2. The van der Waals surface area contributed by atoms with Crippen LogP contribution in [0, 0.1) is 0 Å². The van der Waals surface area contributed by atoms with Gasteiger partial charge in [-0.15, -0.1) is 0 Å². The summed E-state index contributed by atoms with van der Waals surface area (Å²) in [6, 6.07) is 4.40. The molecule has 1 aromatic carbocycles. The molecule has 0 bridgehead atoms. The maximum Gasteiger partial charge on any atom is 0.337 e. The number of hydrogen-bond acceptors (Lipinski definition) is 5. The molecular weight excluding hydrogens is 290 g/mol. The van der Waals surface area contributed by atoms with Crippen LogP contribution in [0.25, 0.3) is 0 Å².